The van der Waals surface area contributed by atoms with Crippen LogP contribution >= 0.6 is 0 Å². The second-order valence-electron chi connectivity index (χ2n) is 3.97. The average Bonchev–Trinajstić information content (AvgIpc) is 2.39. The second-order valence-corrected chi connectivity index (χ2v) is 5.39. The van der Waals surface area contributed by atoms with Crippen molar-refractivity contribution in [3.8, 4) is 17.2 Å². The molecular weight excluding hydrogens is 306 g/mol. The minimum absolute atomic E-state index is 0.0399. The number of phenols is 2. The van der Waals surface area contributed by atoms with Crippen LogP contribution in [0.25, 0.3) is 10.9 Å². The number of aromatic nitrogens is 1. The molecule has 0 radical (unpaired) electrons. The number of carboxylic acid groups (broad SMARTS) is 1. The molecule has 1 aromatic carbocycles. The number of carbonyl (C=O) groups is 1. The number of carboxylic acids is 1. The van der Waals surface area contributed by atoms with Crippen LogP contribution in [0.1, 0.15) is 0 Å². The fraction of sp³-hybridized carbons (Fsp3) is 0.0909. The summed E-state index contributed by atoms with van der Waals surface area (Å²) < 4.78 is 35.7. The number of nitrogens with zero attached hydrogens (tertiary/aromatic N) is 1. The van der Waals surface area contributed by atoms with Crippen molar-refractivity contribution in [2.24, 2.45) is 0 Å². The summed E-state index contributed by atoms with van der Waals surface area (Å²) in [6.45, 7) is -0.748. The molecule has 0 spiro atoms. The molecule has 10 heteroatoms. The minimum Gasteiger partial charge on any atom is -0.504 e. The van der Waals surface area contributed by atoms with Crippen molar-refractivity contribution < 1.29 is 37.8 Å². The highest BCUT2D eigenvalue weighted by atomic mass is 32.2. The van der Waals surface area contributed by atoms with E-state index in [1.165, 1.54) is 0 Å². The predicted octanol–water partition coefficient (Wildman–Crippen LogP) is 0.356. The molecular formula is C11H9NO8S. The summed E-state index contributed by atoms with van der Waals surface area (Å²) in [5.74, 6) is -3.12. The number of benzene rings is 1. The van der Waals surface area contributed by atoms with Crippen molar-refractivity contribution in [1.82, 2.24) is 4.98 Å². The van der Waals surface area contributed by atoms with Crippen LogP contribution in [-0.4, -0.2) is 45.9 Å². The van der Waals surface area contributed by atoms with Crippen molar-refractivity contribution >= 4 is 27.0 Å². The molecule has 4 N–H and O–H groups in total. The molecule has 0 aliphatic heterocycles. The molecule has 9 nitrogen and oxygen atoms in total. The summed E-state index contributed by atoms with van der Waals surface area (Å²) in [5.41, 5.74) is 0.0399. The third-order valence-electron chi connectivity index (χ3n) is 2.52. The maximum atomic E-state index is 11.0. The van der Waals surface area contributed by atoms with E-state index < -0.39 is 39.1 Å². The van der Waals surface area contributed by atoms with Gasteiger partial charge in [-0.05, 0) is 6.07 Å². The molecule has 2 aromatic rings. The Labute approximate surface area is 117 Å². The van der Waals surface area contributed by atoms with Gasteiger partial charge in [-0.2, -0.15) is 8.42 Å². The van der Waals surface area contributed by atoms with Gasteiger partial charge in [-0.25, -0.2) is 4.79 Å². The SMILES string of the molecule is O=C(O)COc1cc2ncc(S(=O)(=O)O)cc2c(O)c1O. The van der Waals surface area contributed by atoms with Crippen LogP contribution in [0.2, 0.25) is 0 Å². The topological polar surface area (TPSA) is 154 Å². The number of aliphatic carboxylic acids is 1. The number of ether oxygens (including phenoxy) is 1. The van der Waals surface area contributed by atoms with Crippen LogP contribution < -0.4 is 4.74 Å². The number of hydrogen-bond donors (Lipinski definition) is 4. The molecule has 0 bridgehead atoms. The number of fused-ring (bicyclic) bond motifs is 1. The standard InChI is InChI=1S/C11H9NO8S/c13-9(14)4-20-8-2-7-6(10(15)11(8)16)1-5(3-12-7)21(17,18)19/h1-3,15-16H,4H2,(H,13,14)(H,17,18,19). The van der Waals surface area contributed by atoms with E-state index in [-0.39, 0.29) is 16.7 Å². The van der Waals surface area contributed by atoms with Crippen LogP contribution in [0.3, 0.4) is 0 Å². The Morgan fingerprint density at radius 2 is 1.90 bits per heavy atom. The molecule has 0 saturated carbocycles. The van der Waals surface area contributed by atoms with Gasteiger partial charge >= 0.3 is 5.97 Å². The fourth-order valence-electron chi connectivity index (χ4n) is 1.59. The van der Waals surface area contributed by atoms with Crippen molar-refractivity contribution in [3.63, 3.8) is 0 Å². The molecule has 112 valence electrons. The van der Waals surface area contributed by atoms with Gasteiger partial charge in [0.05, 0.1) is 5.52 Å². The van der Waals surface area contributed by atoms with Crippen molar-refractivity contribution in [2.75, 3.05) is 6.61 Å². The Kier molecular flexibility index (Phi) is 3.58. The highest BCUT2D eigenvalue weighted by Crippen LogP contribution is 2.41. The Hall–Kier alpha value is -2.59. The zero-order chi connectivity index (χ0) is 15.8. The van der Waals surface area contributed by atoms with Gasteiger partial charge in [0.25, 0.3) is 10.1 Å². The van der Waals surface area contributed by atoms with E-state index in [4.69, 9.17) is 14.4 Å². The molecule has 0 fully saturated rings. The van der Waals surface area contributed by atoms with Gasteiger partial charge in [-0.1, -0.05) is 0 Å². The first kappa shape index (κ1) is 14.8. The molecule has 0 saturated heterocycles. The normalized spacial score (nSPS) is 11.5. The van der Waals surface area contributed by atoms with Crippen LogP contribution in [0.5, 0.6) is 17.2 Å². The minimum atomic E-state index is -4.52. The lowest BCUT2D eigenvalue weighted by Crippen LogP contribution is -2.09. The maximum absolute atomic E-state index is 11.0. The number of rotatable bonds is 4. The molecule has 0 aliphatic rings. The first-order valence-electron chi connectivity index (χ1n) is 5.37. The van der Waals surface area contributed by atoms with E-state index in [1.807, 2.05) is 0 Å². The average molecular weight is 315 g/mol. The number of phenolic OH excluding ortho intramolecular Hbond substituents is 2. The monoisotopic (exact) mass is 315 g/mol. The molecule has 0 atom stereocenters. The van der Waals surface area contributed by atoms with Gasteiger partial charge in [0.1, 0.15) is 4.90 Å². The van der Waals surface area contributed by atoms with E-state index >= 15 is 0 Å². The first-order chi connectivity index (χ1) is 9.70. The highest BCUT2D eigenvalue weighted by molar-refractivity contribution is 7.85. The molecule has 2 rings (SSSR count). The van der Waals surface area contributed by atoms with Crippen LogP contribution in [0.15, 0.2) is 23.2 Å². The molecule has 0 unspecified atom stereocenters. The summed E-state index contributed by atoms with van der Waals surface area (Å²) in [6.07, 6.45) is 0.842. The molecule has 1 heterocycles. The van der Waals surface area contributed by atoms with Gasteiger partial charge in [0, 0.05) is 17.6 Å². The Bertz CT molecular complexity index is 830. The summed E-state index contributed by atoms with van der Waals surface area (Å²) in [7, 11) is -4.52. The Morgan fingerprint density at radius 1 is 1.24 bits per heavy atom. The zero-order valence-electron chi connectivity index (χ0n) is 10.2. The van der Waals surface area contributed by atoms with E-state index in [2.05, 4.69) is 4.98 Å². The van der Waals surface area contributed by atoms with E-state index in [0.717, 1.165) is 18.3 Å². The van der Waals surface area contributed by atoms with E-state index in [9.17, 15) is 23.4 Å². The second kappa shape index (κ2) is 5.07. The highest BCUT2D eigenvalue weighted by Gasteiger charge is 2.18. The number of pyridine rings is 1. The lowest BCUT2D eigenvalue weighted by atomic mass is 10.1. The van der Waals surface area contributed by atoms with E-state index in [0.29, 0.717) is 0 Å². The smallest absolute Gasteiger partial charge is 0.341 e. The summed E-state index contributed by atoms with van der Waals surface area (Å²) >= 11 is 0. The Morgan fingerprint density at radius 3 is 2.48 bits per heavy atom. The molecule has 0 amide bonds. The quantitative estimate of drug-likeness (QED) is 0.462. The van der Waals surface area contributed by atoms with E-state index in [1.54, 1.807) is 0 Å². The number of hydrogen-bond acceptors (Lipinski definition) is 7. The lowest BCUT2D eigenvalue weighted by Gasteiger charge is -2.10. The first-order valence-corrected chi connectivity index (χ1v) is 6.81. The van der Waals surface area contributed by atoms with Gasteiger partial charge in [0.15, 0.2) is 18.1 Å². The van der Waals surface area contributed by atoms with Crippen LogP contribution in [-0.2, 0) is 14.9 Å². The van der Waals surface area contributed by atoms with Crippen molar-refractivity contribution in [3.05, 3.63) is 18.3 Å². The molecule has 21 heavy (non-hydrogen) atoms. The molecule has 1 aromatic heterocycles. The predicted molar refractivity (Wildman–Crippen MR) is 68.0 cm³/mol. The summed E-state index contributed by atoms with van der Waals surface area (Å²) in [4.78, 5) is 13.5. The van der Waals surface area contributed by atoms with Gasteiger partial charge < -0.3 is 20.1 Å². The maximum Gasteiger partial charge on any atom is 0.341 e. The van der Waals surface area contributed by atoms with Gasteiger partial charge in [0.2, 0.25) is 5.75 Å². The third-order valence-corrected chi connectivity index (χ3v) is 3.34. The number of aromatic hydroxyl groups is 2. The summed E-state index contributed by atoms with van der Waals surface area (Å²) in [5, 5.41) is 27.8. The van der Waals surface area contributed by atoms with Crippen molar-refractivity contribution in [2.45, 2.75) is 4.90 Å². The fourth-order valence-corrected chi connectivity index (χ4v) is 2.04. The van der Waals surface area contributed by atoms with Crippen LogP contribution in [0, 0.1) is 0 Å². The Balaban J connectivity index is 2.60. The van der Waals surface area contributed by atoms with Crippen LogP contribution in [0.4, 0.5) is 0 Å². The summed E-state index contributed by atoms with van der Waals surface area (Å²) in [6, 6.07) is 2.04. The third kappa shape index (κ3) is 2.95. The zero-order valence-corrected chi connectivity index (χ0v) is 11.0. The molecule has 0 aliphatic carbocycles. The van der Waals surface area contributed by atoms with Gasteiger partial charge in [-0.15, -0.1) is 0 Å². The van der Waals surface area contributed by atoms with Gasteiger partial charge in [-0.3, -0.25) is 9.54 Å². The largest absolute Gasteiger partial charge is 0.504 e. The van der Waals surface area contributed by atoms with Crippen molar-refractivity contribution in [1.29, 1.82) is 0 Å². The lowest BCUT2D eigenvalue weighted by molar-refractivity contribution is -0.139.